The minimum Gasteiger partial charge on any atom is -0.462 e. The highest BCUT2D eigenvalue weighted by atomic mass is 16.6. The Morgan fingerprint density at radius 3 is 0.836 bits per heavy atom. The minimum atomic E-state index is -0.772. The first kappa shape index (κ1) is 64.6. The summed E-state index contributed by atoms with van der Waals surface area (Å²) in [4.78, 5) is 38.0. The molecule has 1 unspecified atom stereocenters. The van der Waals surface area contributed by atoms with Crippen molar-refractivity contribution < 1.29 is 28.6 Å². The molecule has 67 heavy (non-hydrogen) atoms. The summed E-state index contributed by atoms with van der Waals surface area (Å²) in [5, 5.41) is 0. The Bertz CT molecular complexity index is 1130. The molecular formula is C61H112O6. The maximum absolute atomic E-state index is 12.8. The molecule has 6 heteroatoms. The van der Waals surface area contributed by atoms with E-state index in [1.54, 1.807) is 0 Å². The van der Waals surface area contributed by atoms with Gasteiger partial charge in [0.2, 0.25) is 0 Å². The van der Waals surface area contributed by atoms with Crippen molar-refractivity contribution in [2.75, 3.05) is 13.2 Å². The Morgan fingerprint density at radius 2 is 0.537 bits per heavy atom. The van der Waals surface area contributed by atoms with Crippen LogP contribution in [0.5, 0.6) is 0 Å². The Labute approximate surface area is 416 Å². The van der Waals surface area contributed by atoms with Gasteiger partial charge in [-0.3, -0.25) is 14.4 Å². The highest BCUT2D eigenvalue weighted by molar-refractivity contribution is 5.71. The quantitative estimate of drug-likeness (QED) is 0.0262. The number of rotatable bonds is 54. The minimum absolute atomic E-state index is 0.0724. The molecule has 0 bridgehead atoms. The Kier molecular flexibility index (Phi) is 54.2. The van der Waals surface area contributed by atoms with Crippen molar-refractivity contribution in [3.8, 4) is 0 Å². The fourth-order valence-electron chi connectivity index (χ4n) is 8.65. The van der Waals surface area contributed by atoms with Crippen LogP contribution in [0.4, 0.5) is 0 Å². The zero-order valence-corrected chi connectivity index (χ0v) is 44.9. The van der Waals surface area contributed by atoms with E-state index < -0.39 is 6.10 Å². The number of allylic oxidation sites excluding steroid dienone is 6. The molecule has 0 N–H and O–H groups in total. The average Bonchev–Trinajstić information content (AvgIpc) is 3.33. The van der Waals surface area contributed by atoms with Gasteiger partial charge >= 0.3 is 17.9 Å². The lowest BCUT2D eigenvalue weighted by Crippen LogP contribution is -2.30. The van der Waals surface area contributed by atoms with Gasteiger partial charge in [0.1, 0.15) is 13.2 Å². The molecule has 0 aromatic carbocycles. The summed E-state index contributed by atoms with van der Waals surface area (Å²) < 4.78 is 16.8. The van der Waals surface area contributed by atoms with Gasteiger partial charge in [-0.25, -0.2) is 0 Å². The predicted molar refractivity (Wildman–Crippen MR) is 289 cm³/mol. The molecule has 0 rings (SSSR count). The molecule has 0 aromatic heterocycles. The van der Waals surface area contributed by atoms with E-state index in [4.69, 9.17) is 14.2 Å². The first-order valence-electron chi connectivity index (χ1n) is 29.5. The van der Waals surface area contributed by atoms with E-state index in [9.17, 15) is 14.4 Å². The van der Waals surface area contributed by atoms with E-state index in [-0.39, 0.29) is 31.1 Å². The zero-order chi connectivity index (χ0) is 48.6. The number of hydrogen-bond donors (Lipinski definition) is 0. The van der Waals surface area contributed by atoms with Crippen molar-refractivity contribution >= 4 is 17.9 Å². The van der Waals surface area contributed by atoms with E-state index in [0.717, 1.165) is 70.6 Å². The van der Waals surface area contributed by atoms with Crippen LogP contribution in [-0.4, -0.2) is 37.2 Å². The molecule has 0 saturated carbocycles. The van der Waals surface area contributed by atoms with Crippen LogP contribution in [0.25, 0.3) is 0 Å². The molecule has 0 aromatic rings. The average molecular weight is 942 g/mol. The van der Waals surface area contributed by atoms with E-state index in [1.165, 1.54) is 205 Å². The Balaban J connectivity index is 4.15. The maximum Gasteiger partial charge on any atom is 0.306 e. The van der Waals surface area contributed by atoms with Gasteiger partial charge in [-0.05, 0) is 77.0 Å². The van der Waals surface area contributed by atoms with Crippen LogP contribution in [0.15, 0.2) is 36.5 Å². The lowest BCUT2D eigenvalue weighted by atomic mass is 10.0. The highest BCUT2D eigenvalue weighted by Gasteiger charge is 2.19. The smallest absolute Gasteiger partial charge is 0.306 e. The fourth-order valence-corrected chi connectivity index (χ4v) is 8.65. The van der Waals surface area contributed by atoms with Crippen molar-refractivity contribution in [2.24, 2.45) is 0 Å². The van der Waals surface area contributed by atoms with Crippen molar-refractivity contribution in [2.45, 2.75) is 322 Å². The molecule has 0 aliphatic carbocycles. The summed E-state index contributed by atoms with van der Waals surface area (Å²) in [6, 6.07) is 0. The third-order valence-corrected chi connectivity index (χ3v) is 13.1. The van der Waals surface area contributed by atoms with E-state index >= 15 is 0 Å². The largest absolute Gasteiger partial charge is 0.462 e. The van der Waals surface area contributed by atoms with E-state index in [0.29, 0.717) is 19.3 Å². The highest BCUT2D eigenvalue weighted by Crippen LogP contribution is 2.16. The molecule has 0 saturated heterocycles. The van der Waals surface area contributed by atoms with Crippen LogP contribution in [0.3, 0.4) is 0 Å². The molecule has 0 fully saturated rings. The SMILES string of the molecule is CCCCCCC/C=C\C/C=C\CCCCCCCCCCCCCCCC(=O)OCC(COC(=O)CCCCCCCCCC)OC(=O)CCCCCCC/C=C\CCCCCCCCC. The third kappa shape index (κ3) is 54.4. The van der Waals surface area contributed by atoms with Crippen LogP contribution in [-0.2, 0) is 28.6 Å². The van der Waals surface area contributed by atoms with Crippen LogP contribution >= 0.6 is 0 Å². The predicted octanol–water partition coefficient (Wildman–Crippen LogP) is 19.7. The second kappa shape index (κ2) is 56.2. The molecular weight excluding hydrogens is 829 g/mol. The van der Waals surface area contributed by atoms with Gasteiger partial charge in [0.25, 0.3) is 0 Å². The molecule has 0 radical (unpaired) electrons. The third-order valence-electron chi connectivity index (χ3n) is 13.1. The number of hydrogen-bond acceptors (Lipinski definition) is 6. The topological polar surface area (TPSA) is 78.9 Å². The Morgan fingerprint density at radius 1 is 0.299 bits per heavy atom. The zero-order valence-electron chi connectivity index (χ0n) is 44.9. The first-order valence-corrected chi connectivity index (χ1v) is 29.5. The molecule has 0 aliphatic heterocycles. The van der Waals surface area contributed by atoms with Gasteiger partial charge in [-0.15, -0.1) is 0 Å². The maximum atomic E-state index is 12.8. The molecule has 0 amide bonds. The van der Waals surface area contributed by atoms with E-state index in [2.05, 4.69) is 57.2 Å². The van der Waals surface area contributed by atoms with Gasteiger partial charge in [-0.1, -0.05) is 256 Å². The number of esters is 3. The molecule has 0 heterocycles. The van der Waals surface area contributed by atoms with Crippen LogP contribution in [0.1, 0.15) is 316 Å². The van der Waals surface area contributed by atoms with Crippen molar-refractivity contribution in [3.05, 3.63) is 36.5 Å². The number of unbranched alkanes of at least 4 members (excludes halogenated alkanes) is 37. The summed E-state index contributed by atoms with van der Waals surface area (Å²) in [5.74, 6) is -0.871. The summed E-state index contributed by atoms with van der Waals surface area (Å²) in [6.07, 6.45) is 67.3. The summed E-state index contributed by atoms with van der Waals surface area (Å²) in [7, 11) is 0. The van der Waals surface area contributed by atoms with Crippen molar-refractivity contribution in [1.29, 1.82) is 0 Å². The summed E-state index contributed by atoms with van der Waals surface area (Å²) in [6.45, 7) is 6.63. The van der Waals surface area contributed by atoms with Gasteiger partial charge < -0.3 is 14.2 Å². The summed E-state index contributed by atoms with van der Waals surface area (Å²) >= 11 is 0. The molecule has 0 aliphatic rings. The normalized spacial score (nSPS) is 12.2. The second-order valence-corrected chi connectivity index (χ2v) is 19.9. The van der Waals surface area contributed by atoms with E-state index in [1.807, 2.05) is 0 Å². The standard InChI is InChI=1S/C61H112O6/c1-4-7-10-13-16-19-21-23-25-27-28-29-30-31-32-33-34-35-37-38-40-42-45-48-51-54-60(63)66-57-58(56-65-59(62)53-50-47-44-18-15-12-9-6-3)67-61(64)55-52-49-46-43-41-39-36-26-24-22-20-17-14-11-8-5-2/h21,23,26-28,36,58H,4-20,22,24-25,29-35,37-57H2,1-3H3/b23-21-,28-27-,36-26-. The van der Waals surface area contributed by atoms with Gasteiger partial charge in [-0.2, -0.15) is 0 Å². The van der Waals surface area contributed by atoms with Gasteiger partial charge in [0.15, 0.2) is 6.10 Å². The molecule has 392 valence electrons. The van der Waals surface area contributed by atoms with Crippen LogP contribution < -0.4 is 0 Å². The lowest BCUT2D eigenvalue weighted by molar-refractivity contribution is -0.167. The van der Waals surface area contributed by atoms with Gasteiger partial charge in [0, 0.05) is 19.3 Å². The Hall–Kier alpha value is -2.37. The second-order valence-electron chi connectivity index (χ2n) is 19.9. The van der Waals surface area contributed by atoms with Crippen molar-refractivity contribution in [1.82, 2.24) is 0 Å². The van der Waals surface area contributed by atoms with Crippen LogP contribution in [0, 0.1) is 0 Å². The fraction of sp³-hybridized carbons (Fsp3) is 0.852. The molecule has 1 atom stereocenters. The van der Waals surface area contributed by atoms with Crippen molar-refractivity contribution in [3.63, 3.8) is 0 Å². The number of carbonyl (C=O) groups is 3. The lowest BCUT2D eigenvalue weighted by Gasteiger charge is -2.18. The molecule has 6 nitrogen and oxygen atoms in total. The number of ether oxygens (including phenoxy) is 3. The monoisotopic (exact) mass is 941 g/mol. The number of carbonyl (C=O) groups excluding carboxylic acids is 3. The summed E-state index contributed by atoms with van der Waals surface area (Å²) in [5.41, 5.74) is 0. The van der Waals surface area contributed by atoms with Gasteiger partial charge in [0.05, 0.1) is 0 Å². The van der Waals surface area contributed by atoms with Crippen LogP contribution in [0.2, 0.25) is 0 Å². The molecule has 0 spiro atoms. The first-order chi connectivity index (χ1) is 33.0.